The average molecular weight is 256 g/mol. The number of hydrogen-bond donors (Lipinski definition) is 1. The van der Waals surface area contributed by atoms with Crippen molar-refractivity contribution in [2.75, 3.05) is 0 Å². The molecule has 0 aromatic heterocycles. The summed E-state index contributed by atoms with van der Waals surface area (Å²) in [6.45, 7) is 1.90. The van der Waals surface area contributed by atoms with Crippen LogP contribution in [-0.2, 0) is 4.79 Å². The molecule has 0 saturated carbocycles. The summed E-state index contributed by atoms with van der Waals surface area (Å²) in [6.07, 6.45) is 1.54. The van der Waals surface area contributed by atoms with Crippen LogP contribution < -0.4 is 0 Å². The summed E-state index contributed by atoms with van der Waals surface area (Å²) in [6, 6.07) is 13.0. The Morgan fingerprint density at radius 1 is 1.16 bits per heavy atom. The van der Waals surface area contributed by atoms with Gasteiger partial charge in [0.2, 0.25) is 0 Å². The molecule has 0 spiro atoms. The molecule has 0 saturated heterocycles. The summed E-state index contributed by atoms with van der Waals surface area (Å²) >= 11 is 0. The molecular formula is C16H13FO2. The first-order valence-corrected chi connectivity index (χ1v) is 5.84. The van der Waals surface area contributed by atoms with Crippen LogP contribution in [0.1, 0.15) is 16.7 Å². The van der Waals surface area contributed by atoms with E-state index >= 15 is 0 Å². The molecular weight excluding hydrogens is 243 g/mol. The van der Waals surface area contributed by atoms with Crippen LogP contribution in [0.2, 0.25) is 0 Å². The molecule has 0 heterocycles. The molecule has 0 aliphatic rings. The van der Waals surface area contributed by atoms with Crippen LogP contribution >= 0.6 is 0 Å². The highest BCUT2D eigenvalue weighted by Crippen LogP contribution is 2.20. The van der Waals surface area contributed by atoms with E-state index < -0.39 is 5.97 Å². The Morgan fingerprint density at radius 3 is 2.42 bits per heavy atom. The second kappa shape index (κ2) is 5.48. The molecule has 19 heavy (non-hydrogen) atoms. The van der Waals surface area contributed by atoms with E-state index in [-0.39, 0.29) is 11.4 Å². The number of carboxylic acid groups (broad SMARTS) is 1. The quantitative estimate of drug-likeness (QED) is 0.670. The summed E-state index contributed by atoms with van der Waals surface area (Å²) in [7, 11) is 0. The van der Waals surface area contributed by atoms with Gasteiger partial charge in [0.05, 0.1) is 5.57 Å². The van der Waals surface area contributed by atoms with Crippen LogP contribution in [0.5, 0.6) is 0 Å². The molecule has 96 valence electrons. The van der Waals surface area contributed by atoms with E-state index in [0.717, 1.165) is 5.56 Å². The molecule has 0 bridgehead atoms. The maximum atomic E-state index is 12.8. The van der Waals surface area contributed by atoms with Crippen molar-refractivity contribution in [1.82, 2.24) is 0 Å². The molecule has 3 heteroatoms. The molecule has 0 aliphatic heterocycles. The fourth-order valence-electron chi connectivity index (χ4n) is 1.81. The first-order chi connectivity index (χ1) is 9.06. The second-order valence-electron chi connectivity index (χ2n) is 4.28. The zero-order chi connectivity index (χ0) is 13.8. The van der Waals surface area contributed by atoms with Gasteiger partial charge < -0.3 is 5.11 Å². The van der Waals surface area contributed by atoms with Crippen molar-refractivity contribution in [2.45, 2.75) is 6.92 Å². The molecule has 1 N–H and O–H groups in total. The Hall–Kier alpha value is -2.42. The third-order valence-electron chi connectivity index (χ3n) is 2.74. The van der Waals surface area contributed by atoms with Crippen molar-refractivity contribution in [3.05, 3.63) is 71.0 Å². The lowest BCUT2D eigenvalue weighted by Crippen LogP contribution is -1.99. The van der Waals surface area contributed by atoms with Gasteiger partial charge in [0, 0.05) is 0 Å². The van der Waals surface area contributed by atoms with E-state index in [0.29, 0.717) is 11.1 Å². The highest BCUT2D eigenvalue weighted by molar-refractivity contribution is 6.20. The van der Waals surface area contributed by atoms with Gasteiger partial charge in [-0.15, -0.1) is 0 Å². The maximum Gasteiger partial charge on any atom is 0.336 e. The molecule has 0 amide bonds. The fourth-order valence-corrected chi connectivity index (χ4v) is 1.81. The summed E-state index contributed by atoms with van der Waals surface area (Å²) in [5.74, 6) is -1.35. The molecule has 2 aromatic rings. The van der Waals surface area contributed by atoms with Gasteiger partial charge in [0.15, 0.2) is 0 Å². The smallest absolute Gasteiger partial charge is 0.336 e. The normalized spacial score (nSPS) is 11.4. The summed E-state index contributed by atoms with van der Waals surface area (Å²) < 4.78 is 12.8. The predicted octanol–water partition coefficient (Wildman–Crippen LogP) is 3.76. The van der Waals surface area contributed by atoms with E-state index in [2.05, 4.69) is 0 Å². The lowest BCUT2D eigenvalue weighted by Gasteiger charge is -2.04. The Labute approximate surface area is 110 Å². The molecule has 0 atom stereocenters. The standard InChI is InChI=1S/C16H13FO2/c1-11-3-2-4-13(9-11)15(16(18)19)10-12-5-7-14(17)8-6-12/h2-10H,1H3,(H,18,19)/b15-10+. The Balaban J connectivity index is 2.46. The molecule has 0 aliphatic carbocycles. The summed E-state index contributed by atoms with van der Waals surface area (Å²) in [5.41, 5.74) is 2.47. The summed E-state index contributed by atoms with van der Waals surface area (Å²) in [4.78, 5) is 11.3. The Kier molecular flexibility index (Phi) is 3.76. The number of benzene rings is 2. The zero-order valence-corrected chi connectivity index (χ0v) is 10.4. The topological polar surface area (TPSA) is 37.3 Å². The van der Waals surface area contributed by atoms with Gasteiger partial charge in [-0.25, -0.2) is 9.18 Å². The Bertz CT molecular complexity index is 627. The number of hydrogen-bond acceptors (Lipinski definition) is 1. The van der Waals surface area contributed by atoms with Gasteiger partial charge in [0.1, 0.15) is 5.82 Å². The fraction of sp³-hybridized carbons (Fsp3) is 0.0625. The maximum absolute atomic E-state index is 12.8. The van der Waals surface area contributed by atoms with Crippen molar-refractivity contribution >= 4 is 17.6 Å². The number of carbonyl (C=O) groups is 1. The predicted molar refractivity (Wildman–Crippen MR) is 73.1 cm³/mol. The van der Waals surface area contributed by atoms with Gasteiger partial charge in [-0.1, -0.05) is 42.0 Å². The van der Waals surface area contributed by atoms with Crippen LogP contribution in [0, 0.1) is 12.7 Å². The van der Waals surface area contributed by atoms with E-state index in [1.54, 1.807) is 18.2 Å². The molecule has 0 unspecified atom stereocenters. The lowest BCUT2D eigenvalue weighted by molar-refractivity contribution is -0.130. The van der Waals surface area contributed by atoms with Crippen LogP contribution in [-0.4, -0.2) is 11.1 Å². The van der Waals surface area contributed by atoms with Crippen LogP contribution in [0.15, 0.2) is 48.5 Å². The first-order valence-electron chi connectivity index (χ1n) is 5.84. The number of aryl methyl sites for hydroxylation is 1. The van der Waals surface area contributed by atoms with Gasteiger partial charge in [-0.05, 0) is 36.3 Å². The minimum atomic E-state index is -1.00. The van der Waals surface area contributed by atoms with Crippen LogP contribution in [0.25, 0.3) is 11.6 Å². The van der Waals surface area contributed by atoms with Crippen molar-refractivity contribution in [2.24, 2.45) is 0 Å². The zero-order valence-electron chi connectivity index (χ0n) is 10.4. The van der Waals surface area contributed by atoms with Crippen molar-refractivity contribution in [3.8, 4) is 0 Å². The first kappa shape index (κ1) is 13.0. The number of carboxylic acids is 1. The molecule has 2 aromatic carbocycles. The molecule has 2 nitrogen and oxygen atoms in total. The third kappa shape index (κ3) is 3.28. The highest BCUT2D eigenvalue weighted by atomic mass is 19.1. The second-order valence-corrected chi connectivity index (χ2v) is 4.28. The molecule has 2 rings (SSSR count). The van der Waals surface area contributed by atoms with E-state index in [1.165, 1.54) is 18.2 Å². The van der Waals surface area contributed by atoms with Gasteiger partial charge >= 0.3 is 5.97 Å². The monoisotopic (exact) mass is 256 g/mol. The van der Waals surface area contributed by atoms with Crippen molar-refractivity contribution < 1.29 is 14.3 Å². The third-order valence-corrected chi connectivity index (χ3v) is 2.74. The SMILES string of the molecule is Cc1cccc(/C(=C\c2ccc(F)cc2)C(=O)O)c1. The Morgan fingerprint density at radius 2 is 1.84 bits per heavy atom. The molecule has 0 radical (unpaired) electrons. The highest BCUT2D eigenvalue weighted by Gasteiger charge is 2.10. The lowest BCUT2D eigenvalue weighted by atomic mass is 10.0. The van der Waals surface area contributed by atoms with Gasteiger partial charge in [-0.3, -0.25) is 0 Å². The van der Waals surface area contributed by atoms with Crippen molar-refractivity contribution in [1.29, 1.82) is 0 Å². The number of rotatable bonds is 3. The van der Waals surface area contributed by atoms with Crippen LogP contribution in [0.3, 0.4) is 0 Å². The minimum Gasteiger partial charge on any atom is -0.478 e. The number of halogens is 1. The van der Waals surface area contributed by atoms with Gasteiger partial charge in [-0.2, -0.15) is 0 Å². The van der Waals surface area contributed by atoms with Gasteiger partial charge in [0.25, 0.3) is 0 Å². The van der Waals surface area contributed by atoms with E-state index in [4.69, 9.17) is 0 Å². The number of aliphatic carboxylic acids is 1. The average Bonchev–Trinajstić information content (AvgIpc) is 2.37. The molecule has 0 fully saturated rings. The summed E-state index contributed by atoms with van der Waals surface area (Å²) in [5, 5.41) is 9.29. The minimum absolute atomic E-state index is 0.190. The van der Waals surface area contributed by atoms with Crippen molar-refractivity contribution in [3.63, 3.8) is 0 Å². The van der Waals surface area contributed by atoms with E-state index in [1.807, 2.05) is 25.1 Å². The van der Waals surface area contributed by atoms with E-state index in [9.17, 15) is 14.3 Å². The largest absolute Gasteiger partial charge is 0.478 e. The van der Waals surface area contributed by atoms with Crippen LogP contribution in [0.4, 0.5) is 4.39 Å².